The van der Waals surface area contributed by atoms with Gasteiger partial charge in [0.15, 0.2) is 0 Å². The van der Waals surface area contributed by atoms with Crippen molar-refractivity contribution in [2.45, 2.75) is 25.6 Å². The molecular weight excluding hydrogens is 304 g/mol. The van der Waals surface area contributed by atoms with E-state index in [1.807, 2.05) is 41.3 Å². The number of likely N-dealkylation sites (tertiary alicyclic amines) is 1. The van der Waals surface area contributed by atoms with Crippen LogP contribution in [0.15, 0.2) is 36.4 Å². The first-order valence-electron chi connectivity index (χ1n) is 8.77. The molecule has 0 aromatic heterocycles. The molecule has 1 saturated heterocycles. The number of rotatable bonds is 2. The third-order valence-electron chi connectivity index (χ3n) is 5.23. The molecule has 1 spiro atoms. The van der Waals surface area contributed by atoms with E-state index in [-0.39, 0.29) is 5.91 Å². The number of amides is 1. The second kappa shape index (κ2) is 6.31. The van der Waals surface area contributed by atoms with Crippen LogP contribution < -0.4 is 4.90 Å². The summed E-state index contributed by atoms with van der Waals surface area (Å²) in [6.45, 7) is 5.73. The number of para-hydroxylation sites is 1. The van der Waals surface area contributed by atoms with Crippen molar-refractivity contribution in [2.75, 3.05) is 37.9 Å². The largest absolute Gasteiger partial charge is 0.334 e. The molecule has 128 valence electrons. The van der Waals surface area contributed by atoms with Crippen LogP contribution in [0.4, 0.5) is 5.69 Å². The monoisotopic (exact) mass is 328 g/mol. The van der Waals surface area contributed by atoms with E-state index in [9.17, 15) is 4.79 Å². The van der Waals surface area contributed by atoms with Crippen molar-refractivity contribution >= 4 is 11.6 Å². The molecule has 5 heteroatoms. The van der Waals surface area contributed by atoms with Crippen LogP contribution in [-0.2, 0) is 20.1 Å². The molecule has 0 unspecified atom stereocenters. The maximum absolute atomic E-state index is 13.3. The van der Waals surface area contributed by atoms with Crippen LogP contribution in [0.2, 0.25) is 0 Å². The van der Waals surface area contributed by atoms with Gasteiger partial charge in [0.2, 0.25) is 0 Å². The van der Waals surface area contributed by atoms with E-state index < -0.39 is 5.79 Å². The predicted octanol–water partition coefficient (Wildman–Crippen LogP) is 2.48. The summed E-state index contributed by atoms with van der Waals surface area (Å²) in [5.41, 5.74) is 1.73. The van der Waals surface area contributed by atoms with Gasteiger partial charge in [0.1, 0.15) is 0 Å². The molecule has 1 aromatic carbocycles. The Labute approximate surface area is 142 Å². The molecule has 0 atom stereocenters. The lowest BCUT2D eigenvalue weighted by atomic mass is 10.00. The van der Waals surface area contributed by atoms with Gasteiger partial charge in [-0.3, -0.25) is 14.6 Å². The Kier molecular flexibility index (Phi) is 4.16. The van der Waals surface area contributed by atoms with Gasteiger partial charge in [-0.1, -0.05) is 37.3 Å². The summed E-state index contributed by atoms with van der Waals surface area (Å²) in [5, 5.41) is 0. The molecule has 3 aliphatic heterocycles. The Morgan fingerprint density at radius 3 is 2.50 bits per heavy atom. The number of ether oxygens (including phenoxy) is 2. The Morgan fingerprint density at radius 2 is 1.79 bits per heavy atom. The summed E-state index contributed by atoms with van der Waals surface area (Å²) in [6, 6.07) is 7.83. The number of carbonyl (C=O) groups excluding carboxylic acids is 1. The first-order valence-corrected chi connectivity index (χ1v) is 8.77. The summed E-state index contributed by atoms with van der Waals surface area (Å²) >= 11 is 0. The minimum Gasteiger partial charge on any atom is -0.334 e. The van der Waals surface area contributed by atoms with Crippen LogP contribution in [-0.4, -0.2) is 43.8 Å². The van der Waals surface area contributed by atoms with Crippen LogP contribution in [0.1, 0.15) is 25.3 Å². The van der Waals surface area contributed by atoms with Crippen molar-refractivity contribution < 1.29 is 14.3 Å². The molecule has 3 aliphatic rings. The zero-order valence-corrected chi connectivity index (χ0v) is 14.1. The number of anilines is 1. The highest BCUT2D eigenvalue weighted by Crippen LogP contribution is 2.44. The highest BCUT2D eigenvalue weighted by Gasteiger charge is 2.54. The summed E-state index contributed by atoms with van der Waals surface area (Å²) in [4.78, 5) is 17.4. The minimum atomic E-state index is -1.29. The number of nitrogens with zero attached hydrogens (tertiary/aromatic N) is 2. The van der Waals surface area contributed by atoms with Gasteiger partial charge in [-0.25, -0.2) is 0 Å². The van der Waals surface area contributed by atoms with E-state index in [1.54, 1.807) is 0 Å². The van der Waals surface area contributed by atoms with Crippen molar-refractivity contribution in [3.63, 3.8) is 0 Å². The summed E-state index contributed by atoms with van der Waals surface area (Å²) in [7, 11) is 0. The third kappa shape index (κ3) is 2.57. The number of hydrogen-bond acceptors (Lipinski definition) is 4. The summed E-state index contributed by atoms with van der Waals surface area (Å²) < 4.78 is 11.8. The van der Waals surface area contributed by atoms with Crippen LogP contribution >= 0.6 is 0 Å². The molecule has 3 heterocycles. The van der Waals surface area contributed by atoms with Gasteiger partial charge in [-0.15, -0.1) is 0 Å². The van der Waals surface area contributed by atoms with Gasteiger partial charge in [-0.05, 0) is 24.8 Å². The highest BCUT2D eigenvalue weighted by atomic mass is 16.7. The molecule has 1 aromatic rings. The lowest BCUT2D eigenvalue weighted by molar-refractivity contribution is -0.220. The van der Waals surface area contributed by atoms with Gasteiger partial charge < -0.3 is 9.47 Å². The van der Waals surface area contributed by atoms with Crippen LogP contribution in [0, 0.1) is 5.92 Å². The smallest absolute Gasteiger partial charge is 0.293 e. The number of benzene rings is 1. The maximum Gasteiger partial charge on any atom is 0.293 e. The zero-order chi connectivity index (χ0) is 16.6. The molecule has 0 aliphatic carbocycles. The number of hydrogen-bond donors (Lipinski definition) is 0. The van der Waals surface area contributed by atoms with E-state index in [2.05, 4.69) is 11.8 Å². The van der Waals surface area contributed by atoms with Gasteiger partial charge in [0.25, 0.3) is 11.7 Å². The second-order valence-electron chi connectivity index (χ2n) is 6.90. The molecule has 5 nitrogen and oxygen atoms in total. The predicted molar refractivity (Wildman–Crippen MR) is 91.5 cm³/mol. The molecule has 1 amide bonds. The fraction of sp³-hybridized carbons (Fsp3) is 0.526. The normalized spacial score (nSPS) is 24.4. The minimum absolute atomic E-state index is 0.106. The van der Waals surface area contributed by atoms with Gasteiger partial charge in [0, 0.05) is 18.7 Å². The second-order valence-corrected chi connectivity index (χ2v) is 6.90. The molecule has 4 rings (SSSR count). The molecule has 1 fully saturated rings. The quantitative estimate of drug-likeness (QED) is 0.782. The van der Waals surface area contributed by atoms with E-state index in [0.717, 1.165) is 30.3 Å². The number of fused-ring (bicyclic) bond motifs is 2. The Balaban J connectivity index is 1.63. The van der Waals surface area contributed by atoms with E-state index in [1.165, 1.54) is 12.8 Å². The van der Waals surface area contributed by atoms with E-state index in [4.69, 9.17) is 9.47 Å². The van der Waals surface area contributed by atoms with Crippen molar-refractivity contribution in [2.24, 2.45) is 5.92 Å². The zero-order valence-electron chi connectivity index (χ0n) is 14.1. The van der Waals surface area contributed by atoms with Crippen LogP contribution in [0.3, 0.4) is 0 Å². The molecule has 0 bridgehead atoms. The lowest BCUT2D eigenvalue weighted by Crippen LogP contribution is -2.49. The number of carbonyl (C=O) groups is 1. The Hall–Kier alpha value is -1.69. The third-order valence-corrected chi connectivity index (χ3v) is 5.23. The van der Waals surface area contributed by atoms with Crippen molar-refractivity contribution in [3.05, 3.63) is 42.0 Å². The van der Waals surface area contributed by atoms with Gasteiger partial charge >= 0.3 is 0 Å². The Bertz CT molecular complexity index is 640. The van der Waals surface area contributed by atoms with Crippen LogP contribution in [0.25, 0.3) is 0 Å². The Morgan fingerprint density at radius 1 is 1.12 bits per heavy atom. The molecule has 24 heavy (non-hydrogen) atoms. The number of piperidine rings is 1. The maximum atomic E-state index is 13.3. The fourth-order valence-corrected chi connectivity index (χ4v) is 3.72. The SMILES string of the molecule is CC1CCN(CN2C(=O)C3(OCC=CCO3)c3ccccc32)CC1. The van der Waals surface area contributed by atoms with E-state index in [0.29, 0.717) is 19.9 Å². The van der Waals surface area contributed by atoms with Gasteiger partial charge in [0.05, 0.1) is 25.6 Å². The molecule has 0 saturated carbocycles. The average molecular weight is 328 g/mol. The van der Waals surface area contributed by atoms with Crippen molar-refractivity contribution in [1.82, 2.24) is 4.90 Å². The molecular formula is C19H24N2O3. The topological polar surface area (TPSA) is 42.0 Å². The molecule has 0 N–H and O–H groups in total. The van der Waals surface area contributed by atoms with Gasteiger partial charge in [-0.2, -0.15) is 0 Å². The lowest BCUT2D eigenvalue weighted by Gasteiger charge is -2.34. The summed E-state index contributed by atoms with van der Waals surface area (Å²) in [5.74, 6) is -0.622. The highest BCUT2D eigenvalue weighted by molar-refractivity contribution is 6.06. The first-order chi connectivity index (χ1) is 11.7. The average Bonchev–Trinajstić information content (AvgIpc) is 2.78. The van der Waals surface area contributed by atoms with Crippen molar-refractivity contribution in [3.8, 4) is 0 Å². The van der Waals surface area contributed by atoms with Crippen LogP contribution in [0.5, 0.6) is 0 Å². The van der Waals surface area contributed by atoms with Crippen molar-refractivity contribution in [1.29, 1.82) is 0 Å². The standard InChI is InChI=1S/C19H24N2O3/c1-15-8-10-20(11-9-15)14-21-17-7-3-2-6-16(17)19(18(21)22)23-12-4-5-13-24-19/h2-7,15H,8-14H2,1H3. The van der Waals surface area contributed by atoms with E-state index >= 15 is 0 Å². The first kappa shape index (κ1) is 15.8. The fourth-order valence-electron chi connectivity index (χ4n) is 3.72. The molecule has 0 radical (unpaired) electrons. The summed E-state index contributed by atoms with van der Waals surface area (Å²) in [6.07, 6.45) is 6.18.